The Morgan fingerprint density at radius 3 is 2.40 bits per heavy atom. The quantitative estimate of drug-likeness (QED) is 0.440. The number of nitrogens with two attached hydrogens (primary N) is 1. The zero-order valence-corrected chi connectivity index (χ0v) is 8.56. The summed E-state index contributed by atoms with van der Waals surface area (Å²) in [4.78, 5) is 10.6. The van der Waals surface area contributed by atoms with Gasteiger partial charge in [-0.15, -0.1) is 0 Å². The number of hydrogen-bond donors (Lipinski definition) is 2. The summed E-state index contributed by atoms with van der Waals surface area (Å²) < 4.78 is 9.56. The van der Waals surface area contributed by atoms with Crippen molar-refractivity contribution in [2.75, 3.05) is 5.73 Å². The molecule has 15 heavy (non-hydrogen) atoms. The summed E-state index contributed by atoms with van der Waals surface area (Å²) in [6.07, 6.45) is 0. The molecule has 1 unspecified atom stereocenters. The van der Waals surface area contributed by atoms with E-state index in [0.29, 0.717) is 11.4 Å². The van der Waals surface area contributed by atoms with Crippen LogP contribution < -0.4 is 10.5 Å². The summed E-state index contributed by atoms with van der Waals surface area (Å²) in [5.41, 5.74) is 6.05. The maximum atomic E-state index is 10.6. The Morgan fingerprint density at radius 2 is 1.93 bits per heavy atom. The zero-order chi connectivity index (χ0) is 11.5. The van der Waals surface area contributed by atoms with Crippen molar-refractivity contribution in [3.63, 3.8) is 0 Å². The number of aliphatic hydroxyl groups is 1. The Hall–Kier alpha value is -1.75. The minimum absolute atomic E-state index is 0.357. The average molecular weight is 211 g/mol. The van der Waals surface area contributed by atoms with Gasteiger partial charge in [0.15, 0.2) is 0 Å². The molecule has 82 valence electrons. The van der Waals surface area contributed by atoms with Gasteiger partial charge in [0.2, 0.25) is 0 Å². The first-order valence-electron chi connectivity index (χ1n) is 4.35. The molecule has 0 aliphatic heterocycles. The van der Waals surface area contributed by atoms with Crippen molar-refractivity contribution in [2.45, 2.75) is 19.8 Å². The second-order valence-corrected chi connectivity index (χ2v) is 3.16. The average Bonchev–Trinajstić information content (AvgIpc) is 2.06. The second-order valence-electron chi connectivity index (χ2n) is 3.16. The minimum atomic E-state index is -1.97. The fourth-order valence-corrected chi connectivity index (χ4v) is 1.04. The minimum Gasteiger partial charge on any atom is -0.430 e. The molecular formula is C10H13NO4. The molecule has 1 aromatic rings. The number of rotatable bonds is 3. The van der Waals surface area contributed by atoms with Crippen LogP contribution in [0.15, 0.2) is 24.3 Å². The first kappa shape index (κ1) is 11.3. The van der Waals surface area contributed by atoms with Crippen molar-refractivity contribution in [1.82, 2.24) is 0 Å². The Balaban J connectivity index is 2.68. The number of nitrogen functional groups attached to an aromatic ring is 1. The molecule has 5 nitrogen and oxygen atoms in total. The monoisotopic (exact) mass is 211 g/mol. The predicted octanol–water partition coefficient (Wildman–Crippen LogP) is 0.877. The summed E-state index contributed by atoms with van der Waals surface area (Å²) in [5, 5.41) is 9.51. The molecule has 1 rings (SSSR count). The maximum Gasteiger partial charge on any atom is 0.368 e. The number of esters is 1. The van der Waals surface area contributed by atoms with E-state index in [1.165, 1.54) is 13.8 Å². The van der Waals surface area contributed by atoms with Gasteiger partial charge in [0, 0.05) is 19.5 Å². The third-order valence-electron chi connectivity index (χ3n) is 1.52. The van der Waals surface area contributed by atoms with Crippen LogP contribution in [-0.4, -0.2) is 17.0 Å². The van der Waals surface area contributed by atoms with E-state index in [2.05, 4.69) is 4.74 Å². The van der Waals surface area contributed by atoms with Crippen molar-refractivity contribution in [3.8, 4) is 5.75 Å². The molecule has 0 saturated heterocycles. The van der Waals surface area contributed by atoms with Crippen LogP contribution in [0.4, 0.5) is 5.69 Å². The standard InChI is InChI=1S/C10H13NO4/c1-7(12)14-10(2,13)15-9-5-3-8(11)4-6-9/h3-6,13H,11H2,1-2H3. The highest BCUT2D eigenvalue weighted by Crippen LogP contribution is 2.19. The molecule has 0 amide bonds. The summed E-state index contributed by atoms with van der Waals surface area (Å²) >= 11 is 0. The van der Waals surface area contributed by atoms with E-state index in [1.54, 1.807) is 24.3 Å². The lowest BCUT2D eigenvalue weighted by atomic mass is 10.3. The smallest absolute Gasteiger partial charge is 0.368 e. The van der Waals surface area contributed by atoms with E-state index >= 15 is 0 Å². The Labute approximate surface area is 87.4 Å². The number of hydrogen-bond acceptors (Lipinski definition) is 5. The van der Waals surface area contributed by atoms with Crippen molar-refractivity contribution >= 4 is 11.7 Å². The normalized spacial score (nSPS) is 14.1. The topological polar surface area (TPSA) is 81.8 Å². The van der Waals surface area contributed by atoms with Crippen molar-refractivity contribution in [1.29, 1.82) is 0 Å². The van der Waals surface area contributed by atoms with Crippen LogP contribution >= 0.6 is 0 Å². The van der Waals surface area contributed by atoms with Crippen LogP contribution in [0.3, 0.4) is 0 Å². The van der Waals surface area contributed by atoms with Crippen LogP contribution in [0.25, 0.3) is 0 Å². The SMILES string of the molecule is CC(=O)OC(C)(O)Oc1ccc(N)cc1. The first-order valence-corrected chi connectivity index (χ1v) is 4.35. The van der Waals surface area contributed by atoms with E-state index in [-0.39, 0.29) is 0 Å². The van der Waals surface area contributed by atoms with Gasteiger partial charge in [-0.2, -0.15) is 0 Å². The highest BCUT2D eigenvalue weighted by molar-refractivity contribution is 5.66. The second kappa shape index (κ2) is 4.18. The number of ether oxygens (including phenoxy) is 2. The van der Waals surface area contributed by atoms with Gasteiger partial charge in [-0.1, -0.05) is 0 Å². The van der Waals surface area contributed by atoms with Gasteiger partial charge < -0.3 is 20.3 Å². The number of carbonyl (C=O) groups excluding carboxylic acids is 1. The van der Waals surface area contributed by atoms with Crippen molar-refractivity contribution < 1.29 is 19.4 Å². The van der Waals surface area contributed by atoms with Gasteiger partial charge in [-0.25, -0.2) is 0 Å². The first-order chi connectivity index (χ1) is 6.89. The Kier molecular flexibility index (Phi) is 3.16. The largest absolute Gasteiger partial charge is 0.430 e. The molecule has 0 aliphatic carbocycles. The van der Waals surface area contributed by atoms with Crippen LogP contribution in [0.1, 0.15) is 13.8 Å². The third kappa shape index (κ3) is 3.86. The predicted molar refractivity (Wildman–Crippen MR) is 53.9 cm³/mol. The molecular weight excluding hydrogens is 198 g/mol. The highest BCUT2D eigenvalue weighted by Gasteiger charge is 2.26. The summed E-state index contributed by atoms with van der Waals surface area (Å²) in [7, 11) is 0. The highest BCUT2D eigenvalue weighted by atomic mass is 16.8. The van der Waals surface area contributed by atoms with Gasteiger partial charge in [0.1, 0.15) is 5.75 Å². The van der Waals surface area contributed by atoms with E-state index in [9.17, 15) is 9.90 Å². The molecule has 0 aliphatic rings. The molecule has 0 aromatic heterocycles. The molecule has 0 fully saturated rings. The molecule has 0 bridgehead atoms. The van der Waals surface area contributed by atoms with E-state index < -0.39 is 11.9 Å². The number of benzene rings is 1. The molecule has 0 radical (unpaired) electrons. The van der Waals surface area contributed by atoms with E-state index in [4.69, 9.17) is 10.5 Å². The van der Waals surface area contributed by atoms with E-state index in [0.717, 1.165) is 0 Å². The molecule has 5 heteroatoms. The van der Waals surface area contributed by atoms with Gasteiger partial charge in [0.25, 0.3) is 0 Å². The summed E-state index contributed by atoms with van der Waals surface area (Å²) in [5.74, 6) is -2.24. The molecule has 3 N–H and O–H groups in total. The van der Waals surface area contributed by atoms with Gasteiger partial charge >= 0.3 is 11.9 Å². The van der Waals surface area contributed by atoms with Crippen LogP contribution in [0.5, 0.6) is 5.75 Å². The summed E-state index contributed by atoms with van der Waals surface area (Å²) in [6, 6.07) is 6.35. The number of anilines is 1. The van der Waals surface area contributed by atoms with Crippen LogP contribution in [0, 0.1) is 0 Å². The Bertz CT molecular complexity index is 345. The molecule has 0 saturated carbocycles. The lowest BCUT2D eigenvalue weighted by Gasteiger charge is -2.23. The molecule has 1 aromatic carbocycles. The fraction of sp³-hybridized carbons (Fsp3) is 0.300. The molecule has 1 atom stereocenters. The number of carbonyl (C=O) groups is 1. The fourth-order valence-electron chi connectivity index (χ4n) is 1.04. The van der Waals surface area contributed by atoms with Gasteiger partial charge in [-0.3, -0.25) is 4.79 Å². The van der Waals surface area contributed by atoms with E-state index in [1.807, 2.05) is 0 Å². The molecule has 0 heterocycles. The van der Waals surface area contributed by atoms with Crippen LogP contribution in [0.2, 0.25) is 0 Å². The Morgan fingerprint density at radius 1 is 1.40 bits per heavy atom. The lowest BCUT2D eigenvalue weighted by Crippen LogP contribution is -2.36. The van der Waals surface area contributed by atoms with Crippen molar-refractivity contribution in [3.05, 3.63) is 24.3 Å². The van der Waals surface area contributed by atoms with Gasteiger partial charge in [-0.05, 0) is 24.3 Å². The van der Waals surface area contributed by atoms with Crippen molar-refractivity contribution in [2.24, 2.45) is 0 Å². The zero-order valence-electron chi connectivity index (χ0n) is 8.56. The maximum absolute atomic E-state index is 10.6. The lowest BCUT2D eigenvalue weighted by molar-refractivity contribution is -0.289. The molecule has 0 spiro atoms. The van der Waals surface area contributed by atoms with Gasteiger partial charge in [0.05, 0.1) is 0 Å². The van der Waals surface area contributed by atoms with Crippen LogP contribution in [-0.2, 0) is 9.53 Å². The third-order valence-corrected chi connectivity index (χ3v) is 1.52. The summed E-state index contributed by atoms with van der Waals surface area (Å²) in [6.45, 7) is 2.41.